The molecule has 0 aliphatic carbocycles. The molecule has 0 N–H and O–H groups in total. The molecule has 0 saturated carbocycles. The highest BCUT2D eigenvalue weighted by Crippen LogP contribution is 2.21. The molecule has 0 saturated heterocycles. The summed E-state index contributed by atoms with van der Waals surface area (Å²) in [6, 6.07) is 17.6. The van der Waals surface area contributed by atoms with Gasteiger partial charge >= 0.3 is 0 Å². The van der Waals surface area contributed by atoms with Crippen molar-refractivity contribution in [3.8, 4) is 0 Å². The molecular weight excluding hydrogens is 250 g/mol. The fourth-order valence-electron chi connectivity index (χ4n) is 1.58. The maximum absolute atomic E-state index is 6.14. The quantitative estimate of drug-likeness (QED) is 0.747. The first-order valence-electron chi connectivity index (χ1n) is 5.28. The van der Waals surface area contributed by atoms with Crippen molar-refractivity contribution in [2.24, 2.45) is 0 Å². The largest absolute Gasteiger partial charge is 0.335 e. The van der Waals surface area contributed by atoms with Gasteiger partial charge in [-0.1, -0.05) is 60.2 Å². The molecule has 0 spiro atoms. The third-order valence-corrected chi connectivity index (χ3v) is 3.38. The number of anilines is 1. The zero-order valence-corrected chi connectivity index (χ0v) is 11.0. The van der Waals surface area contributed by atoms with Crippen molar-refractivity contribution in [3.63, 3.8) is 0 Å². The third-order valence-electron chi connectivity index (χ3n) is 2.55. The molecule has 1 nitrogen and oxygen atoms in total. The minimum atomic E-state index is 0.681. The van der Waals surface area contributed by atoms with E-state index in [0.717, 1.165) is 16.2 Å². The van der Waals surface area contributed by atoms with Gasteiger partial charge in [0.2, 0.25) is 0 Å². The third kappa shape index (κ3) is 2.65. The van der Waals surface area contributed by atoms with E-state index in [4.69, 9.17) is 23.8 Å². The standard InChI is InChI=1S/C14H12ClNS/c1-16(11-7-3-2-4-8-11)14(17)12-9-5-6-10-13(12)15/h2-10H,1H3. The Hall–Kier alpha value is -1.38. The number of halogens is 1. The number of nitrogens with zero attached hydrogens (tertiary/aromatic N) is 1. The summed E-state index contributed by atoms with van der Waals surface area (Å²) in [5.74, 6) is 0. The summed E-state index contributed by atoms with van der Waals surface area (Å²) < 4.78 is 0. The molecule has 3 heteroatoms. The van der Waals surface area contributed by atoms with Gasteiger partial charge in [-0.3, -0.25) is 0 Å². The first-order valence-corrected chi connectivity index (χ1v) is 6.06. The second kappa shape index (κ2) is 5.30. The van der Waals surface area contributed by atoms with Crippen LogP contribution < -0.4 is 4.90 Å². The molecule has 0 aliphatic heterocycles. The maximum Gasteiger partial charge on any atom is 0.114 e. The molecule has 0 atom stereocenters. The van der Waals surface area contributed by atoms with Crippen molar-refractivity contribution in [1.82, 2.24) is 0 Å². The van der Waals surface area contributed by atoms with Gasteiger partial charge in [0.25, 0.3) is 0 Å². The van der Waals surface area contributed by atoms with Crippen molar-refractivity contribution < 1.29 is 0 Å². The lowest BCUT2D eigenvalue weighted by molar-refractivity contribution is 1.28. The van der Waals surface area contributed by atoms with E-state index in [1.807, 2.05) is 66.5 Å². The zero-order valence-electron chi connectivity index (χ0n) is 9.43. The molecule has 0 bridgehead atoms. The van der Waals surface area contributed by atoms with Gasteiger partial charge in [0.15, 0.2) is 0 Å². The van der Waals surface area contributed by atoms with Crippen LogP contribution in [0.1, 0.15) is 5.56 Å². The lowest BCUT2D eigenvalue weighted by Crippen LogP contribution is -2.25. The summed E-state index contributed by atoms with van der Waals surface area (Å²) in [7, 11) is 1.95. The van der Waals surface area contributed by atoms with E-state index >= 15 is 0 Å². The molecule has 2 aromatic rings. The van der Waals surface area contributed by atoms with Gasteiger partial charge in [-0.05, 0) is 18.2 Å². The topological polar surface area (TPSA) is 3.24 Å². The van der Waals surface area contributed by atoms with Crippen molar-refractivity contribution in [1.29, 1.82) is 0 Å². The number of hydrogen-bond acceptors (Lipinski definition) is 1. The maximum atomic E-state index is 6.14. The predicted octanol–water partition coefficient (Wildman–Crippen LogP) is 4.15. The van der Waals surface area contributed by atoms with E-state index in [1.165, 1.54) is 0 Å². The smallest absolute Gasteiger partial charge is 0.114 e. The van der Waals surface area contributed by atoms with E-state index in [-0.39, 0.29) is 0 Å². The minimum absolute atomic E-state index is 0.681. The van der Waals surface area contributed by atoms with Gasteiger partial charge in [0.1, 0.15) is 4.99 Å². The fraction of sp³-hybridized carbons (Fsp3) is 0.0714. The van der Waals surface area contributed by atoms with Crippen LogP contribution in [0.2, 0.25) is 5.02 Å². The van der Waals surface area contributed by atoms with Crippen molar-refractivity contribution >= 4 is 34.5 Å². The molecule has 86 valence electrons. The molecular formula is C14H12ClNS. The Balaban J connectivity index is 2.30. The zero-order chi connectivity index (χ0) is 12.3. The molecule has 0 aliphatic rings. The van der Waals surface area contributed by atoms with Crippen LogP contribution in [-0.4, -0.2) is 12.0 Å². The molecule has 17 heavy (non-hydrogen) atoms. The van der Waals surface area contributed by atoms with Crippen molar-refractivity contribution in [3.05, 3.63) is 65.2 Å². The molecule has 0 aromatic heterocycles. The van der Waals surface area contributed by atoms with Gasteiger partial charge in [-0.15, -0.1) is 0 Å². The van der Waals surface area contributed by atoms with Crippen molar-refractivity contribution in [2.75, 3.05) is 11.9 Å². The highest BCUT2D eigenvalue weighted by Gasteiger charge is 2.11. The van der Waals surface area contributed by atoms with Gasteiger partial charge < -0.3 is 4.90 Å². The Morgan fingerprint density at radius 1 is 1.00 bits per heavy atom. The van der Waals surface area contributed by atoms with E-state index in [0.29, 0.717) is 5.02 Å². The van der Waals surface area contributed by atoms with Crippen molar-refractivity contribution in [2.45, 2.75) is 0 Å². The van der Waals surface area contributed by atoms with Crippen LogP contribution >= 0.6 is 23.8 Å². The van der Waals surface area contributed by atoms with E-state index in [1.54, 1.807) is 0 Å². The highest BCUT2D eigenvalue weighted by atomic mass is 35.5. The fourth-order valence-corrected chi connectivity index (χ4v) is 2.15. The number of hydrogen-bond donors (Lipinski definition) is 0. The van der Waals surface area contributed by atoms with Crippen LogP contribution in [-0.2, 0) is 0 Å². The highest BCUT2D eigenvalue weighted by molar-refractivity contribution is 7.81. The average Bonchev–Trinajstić information content (AvgIpc) is 2.39. The number of benzene rings is 2. The van der Waals surface area contributed by atoms with E-state index in [2.05, 4.69) is 0 Å². The second-order valence-electron chi connectivity index (χ2n) is 3.68. The molecule has 0 unspecified atom stereocenters. The molecule has 0 heterocycles. The first-order chi connectivity index (χ1) is 8.20. The lowest BCUT2D eigenvalue weighted by atomic mass is 10.2. The average molecular weight is 262 g/mol. The first kappa shape index (κ1) is 12.1. The Morgan fingerprint density at radius 3 is 2.24 bits per heavy atom. The van der Waals surface area contributed by atoms with Crippen LogP contribution in [0.3, 0.4) is 0 Å². The minimum Gasteiger partial charge on any atom is -0.335 e. The molecule has 2 aromatic carbocycles. The Labute approximate surface area is 112 Å². The van der Waals surface area contributed by atoms with E-state index < -0.39 is 0 Å². The number of rotatable bonds is 2. The lowest BCUT2D eigenvalue weighted by Gasteiger charge is -2.20. The molecule has 0 radical (unpaired) electrons. The van der Waals surface area contributed by atoms with Gasteiger partial charge in [0.05, 0.1) is 5.02 Å². The van der Waals surface area contributed by atoms with Crippen LogP contribution in [0.25, 0.3) is 0 Å². The summed E-state index contributed by atoms with van der Waals surface area (Å²) >= 11 is 11.6. The normalized spacial score (nSPS) is 10.0. The number of thiocarbonyl (C=S) groups is 1. The number of para-hydroxylation sites is 1. The van der Waals surface area contributed by atoms with Crippen LogP contribution in [0.15, 0.2) is 54.6 Å². The Bertz CT molecular complexity index is 525. The Kier molecular flexibility index (Phi) is 3.77. The summed E-state index contributed by atoms with van der Waals surface area (Å²) in [6.07, 6.45) is 0. The SMILES string of the molecule is CN(C(=S)c1ccccc1Cl)c1ccccc1. The van der Waals surface area contributed by atoms with Crippen LogP contribution in [0, 0.1) is 0 Å². The van der Waals surface area contributed by atoms with Gasteiger partial charge in [-0.25, -0.2) is 0 Å². The summed E-state index contributed by atoms with van der Waals surface area (Å²) in [5, 5.41) is 0.681. The van der Waals surface area contributed by atoms with E-state index in [9.17, 15) is 0 Å². The van der Waals surface area contributed by atoms with Gasteiger partial charge in [0, 0.05) is 18.3 Å². The summed E-state index contributed by atoms with van der Waals surface area (Å²) in [4.78, 5) is 2.68. The second-order valence-corrected chi connectivity index (χ2v) is 4.47. The predicted molar refractivity (Wildman–Crippen MR) is 78.0 cm³/mol. The Morgan fingerprint density at radius 2 is 1.59 bits per heavy atom. The van der Waals surface area contributed by atoms with Crippen LogP contribution in [0.4, 0.5) is 5.69 Å². The molecule has 0 fully saturated rings. The summed E-state index contributed by atoms with van der Waals surface area (Å²) in [5.41, 5.74) is 1.94. The molecule has 2 rings (SSSR count). The summed E-state index contributed by atoms with van der Waals surface area (Å²) in [6.45, 7) is 0. The monoisotopic (exact) mass is 261 g/mol. The molecule has 0 amide bonds. The van der Waals surface area contributed by atoms with Gasteiger partial charge in [-0.2, -0.15) is 0 Å². The van der Waals surface area contributed by atoms with Crippen LogP contribution in [0.5, 0.6) is 0 Å².